The first-order chi connectivity index (χ1) is 7.13. The average molecular weight is 230 g/mol. The molecule has 0 aliphatic carbocycles. The zero-order valence-corrected chi connectivity index (χ0v) is 9.50. The number of rotatable bonds is 5. The first kappa shape index (κ1) is 12.3. The largest absolute Gasteiger partial charge is 0.492 e. The van der Waals surface area contributed by atoms with E-state index in [0.717, 1.165) is 11.3 Å². The van der Waals surface area contributed by atoms with E-state index in [9.17, 15) is 0 Å². The first-order valence-electron chi connectivity index (χ1n) is 4.89. The van der Waals surface area contributed by atoms with Crippen LogP contribution in [0.3, 0.4) is 0 Å². The van der Waals surface area contributed by atoms with Gasteiger partial charge in [0.1, 0.15) is 12.4 Å². The van der Waals surface area contributed by atoms with E-state index < -0.39 is 0 Å². The minimum absolute atomic E-state index is 0.0824. The van der Waals surface area contributed by atoms with Crippen LogP contribution in [-0.2, 0) is 0 Å². The van der Waals surface area contributed by atoms with Crippen molar-refractivity contribution in [3.8, 4) is 5.75 Å². The molecule has 0 saturated heterocycles. The van der Waals surface area contributed by atoms with E-state index in [0.29, 0.717) is 18.1 Å². The van der Waals surface area contributed by atoms with Gasteiger partial charge in [-0.15, -0.1) is 0 Å². The SMILES string of the molecule is Cc1ccc(Cl)cc1OCC(N)CCO. The molecule has 0 saturated carbocycles. The maximum atomic E-state index is 8.68. The molecule has 1 atom stereocenters. The number of aliphatic hydroxyl groups excluding tert-OH is 1. The summed E-state index contributed by atoms with van der Waals surface area (Å²) >= 11 is 5.84. The summed E-state index contributed by atoms with van der Waals surface area (Å²) in [4.78, 5) is 0. The van der Waals surface area contributed by atoms with Crippen LogP contribution in [0.4, 0.5) is 0 Å². The van der Waals surface area contributed by atoms with E-state index in [1.807, 2.05) is 19.1 Å². The van der Waals surface area contributed by atoms with Crippen molar-refractivity contribution >= 4 is 11.6 Å². The van der Waals surface area contributed by atoms with Gasteiger partial charge in [0.25, 0.3) is 0 Å². The molecule has 3 N–H and O–H groups in total. The van der Waals surface area contributed by atoms with E-state index >= 15 is 0 Å². The quantitative estimate of drug-likeness (QED) is 0.809. The molecule has 0 spiro atoms. The third-order valence-corrected chi connectivity index (χ3v) is 2.34. The number of nitrogens with two attached hydrogens (primary N) is 1. The molecular weight excluding hydrogens is 214 g/mol. The van der Waals surface area contributed by atoms with Gasteiger partial charge >= 0.3 is 0 Å². The third kappa shape index (κ3) is 4.08. The van der Waals surface area contributed by atoms with Crippen LogP contribution in [0, 0.1) is 6.92 Å². The molecule has 0 aliphatic heterocycles. The number of aliphatic hydroxyl groups is 1. The van der Waals surface area contributed by atoms with Gasteiger partial charge in [-0.3, -0.25) is 0 Å². The average Bonchev–Trinajstić information content (AvgIpc) is 2.20. The molecular formula is C11H16ClNO2. The molecule has 1 aromatic rings. The lowest BCUT2D eigenvalue weighted by molar-refractivity contribution is 0.233. The highest BCUT2D eigenvalue weighted by Crippen LogP contribution is 2.22. The lowest BCUT2D eigenvalue weighted by Crippen LogP contribution is -2.28. The van der Waals surface area contributed by atoms with E-state index in [1.165, 1.54) is 0 Å². The van der Waals surface area contributed by atoms with Crippen molar-refractivity contribution in [2.75, 3.05) is 13.2 Å². The third-order valence-electron chi connectivity index (χ3n) is 2.10. The molecule has 4 heteroatoms. The van der Waals surface area contributed by atoms with Crippen LogP contribution < -0.4 is 10.5 Å². The van der Waals surface area contributed by atoms with Crippen molar-refractivity contribution in [1.82, 2.24) is 0 Å². The molecule has 0 aromatic heterocycles. The first-order valence-corrected chi connectivity index (χ1v) is 5.26. The molecule has 1 aromatic carbocycles. The highest BCUT2D eigenvalue weighted by atomic mass is 35.5. The van der Waals surface area contributed by atoms with Gasteiger partial charge in [0.2, 0.25) is 0 Å². The monoisotopic (exact) mass is 229 g/mol. The minimum Gasteiger partial charge on any atom is -0.492 e. The fraction of sp³-hybridized carbons (Fsp3) is 0.455. The van der Waals surface area contributed by atoms with Gasteiger partial charge in [0.15, 0.2) is 0 Å². The molecule has 0 amide bonds. The molecule has 15 heavy (non-hydrogen) atoms. The van der Waals surface area contributed by atoms with Gasteiger partial charge in [-0.1, -0.05) is 17.7 Å². The summed E-state index contributed by atoms with van der Waals surface area (Å²) in [5.41, 5.74) is 6.73. The van der Waals surface area contributed by atoms with Gasteiger partial charge in [0, 0.05) is 17.7 Å². The molecule has 1 unspecified atom stereocenters. The molecule has 0 bridgehead atoms. The molecule has 1 rings (SSSR count). The minimum atomic E-state index is -0.145. The Morgan fingerprint density at radius 2 is 2.27 bits per heavy atom. The number of halogens is 1. The molecule has 0 heterocycles. The summed E-state index contributed by atoms with van der Waals surface area (Å²) in [5, 5.41) is 9.32. The van der Waals surface area contributed by atoms with Crippen molar-refractivity contribution in [1.29, 1.82) is 0 Å². The van der Waals surface area contributed by atoms with E-state index in [-0.39, 0.29) is 12.6 Å². The van der Waals surface area contributed by atoms with Crippen molar-refractivity contribution < 1.29 is 9.84 Å². The predicted molar refractivity (Wildman–Crippen MR) is 61.4 cm³/mol. The van der Waals surface area contributed by atoms with Crippen LogP contribution in [0.5, 0.6) is 5.75 Å². The van der Waals surface area contributed by atoms with E-state index in [2.05, 4.69) is 0 Å². The van der Waals surface area contributed by atoms with Crippen LogP contribution in [0.15, 0.2) is 18.2 Å². The van der Waals surface area contributed by atoms with Crippen molar-refractivity contribution in [2.24, 2.45) is 5.73 Å². The Labute approximate surface area is 94.8 Å². The second kappa shape index (κ2) is 5.95. The molecule has 0 radical (unpaired) electrons. The molecule has 0 fully saturated rings. The van der Waals surface area contributed by atoms with Crippen LogP contribution in [0.2, 0.25) is 5.02 Å². The fourth-order valence-electron chi connectivity index (χ4n) is 1.18. The van der Waals surface area contributed by atoms with Gasteiger partial charge in [-0.05, 0) is 31.0 Å². The summed E-state index contributed by atoms with van der Waals surface area (Å²) in [6, 6.07) is 5.34. The second-order valence-electron chi connectivity index (χ2n) is 3.49. The summed E-state index contributed by atoms with van der Waals surface area (Å²) in [5.74, 6) is 0.746. The Morgan fingerprint density at radius 3 is 2.93 bits per heavy atom. The smallest absolute Gasteiger partial charge is 0.123 e. The Kier molecular flexibility index (Phi) is 4.88. The number of benzene rings is 1. The normalized spacial score (nSPS) is 12.5. The van der Waals surface area contributed by atoms with Gasteiger partial charge in [-0.25, -0.2) is 0 Å². The fourth-order valence-corrected chi connectivity index (χ4v) is 1.34. The van der Waals surface area contributed by atoms with Crippen molar-refractivity contribution in [2.45, 2.75) is 19.4 Å². The topological polar surface area (TPSA) is 55.5 Å². The standard InChI is InChI=1S/C11H16ClNO2/c1-8-2-3-9(12)6-11(8)15-7-10(13)4-5-14/h2-3,6,10,14H,4-5,7,13H2,1H3. The maximum absolute atomic E-state index is 8.68. The van der Waals surface area contributed by atoms with E-state index in [4.69, 9.17) is 27.2 Å². The highest BCUT2D eigenvalue weighted by molar-refractivity contribution is 6.30. The number of ether oxygens (including phenoxy) is 1. The van der Waals surface area contributed by atoms with Gasteiger partial charge in [0.05, 0.1) is 0 Å². The summed E-state index contributed by atoms with van der Waals surface area (Å²) in [6.45, 7) is 2.42. The Balaban J connectivity index is 2.53. The van der Waals surface area contributed by atoms with Gasteiger partial charge in [-0.2, -0.15) is 0 Å². The van der Waals surface area contributed by atoms with Gasteiger partial charge < -0.3 is 15.6 Å². The lowest BCUT2D eigenvalue weighted by atomic mass is 10.2. The van der Waals surface area contributed by atoms with Crippen molar-refractivity contribution in [3.05, 3.63) is 28.8 Å². The number of hydrogen-bond donors (Lipinski definition) is 2. The van der Waals surface area contributed by atoms with Crippen LogP contribution in [0.1, 0.15) is 12.0 Å². The number of aryl methyl sites for hydroxylation is 1. The Hall–Kier alpha value is -0.770. The number of hydrogen-bond acceptors (Lipinski definition) is 3. The summed E-state index contributed by atoms with van der Waals surface area (Å²) in [6.07, 6.45) is 0.541. The zero-order chi connectivity index (χ0) is 11.3. The Bertz CT molecular complexity index is 317. The van der Waals surface area contributed by atoms with Crippen LogP contribution in [-0.4, -0.2) is 24.4 Å². The molecule has 84 valence electrons. The highest BCUT2D eigenvalue weighted by Gasteiger charge is 2.05. The maximum Gasteiger partial charge on any atom is 0.123 e. The van der Waals surface area contributed by atoms with Crippen molar-refractivity contribution in [3.63, 3.8) is 0 Å². The van der Waals surface area contributed by atoms with E-state index in [1.54, 1.807) is 6.07 Å². The molecule has 3 nitrogen and oxygen atoms in total. The zero-order valence-electron chi connectivity index (χ0n) is 8.74. The lowest BCUT2D eigenvalue weighted by Gasteiger charge is -2.13. The molecule has 0 aliphatic rings. The van der Waals surface area contributed by atoms with Crippen LogP contribution >= 0.6 is 11.6 Å². The van der Waals surface area contributed by atoms with Crippen LogP contribution in [0.25, 0.3) is 0 Å². The summed E-state index contributed by atoms with van der Waals surface area (Å²) in [7, 11) is 0. The Morgan fingerprint density at radius 1 is 1.53 bits per heavy atom. The summed E-state index contributed by atoms with van der Waals surface area (Å²) < 4.78 is 5.51. The second-order valence-corrected chi connectivity index (χ2v) is 3.93. The predicted octanol–water partition coefficient (Wildman–Crippen LogP) is 1.74.